The van der Waals surface area contributed by atoms with Gasteiger partial charge in [-0.05, 0) is 25.2 Å². The third-order valence-electron chi connectivity index (χ3n) is 6.30. The molecule has 1 aliphatic carbocycles. The molecule has 1 unspecified atom stereocenters. The molecule has 0 spiro atoms. The number of aliphatic carboxylic acids is 1. The average molecular weight is 361 g/mol. The van der Waals surface area contributed by atoms with Crippen LogP contribution in [0.3, 0.4) is 0 Å². The molecule has 4 rings (SSSR count). The van der Waals surface area contributed by atoms with E-state index in [4.69, 9.17) is 0 Å². The first kappa shape index (κ1) is 17.3. The van der Waals surface area contributed by atoms with E-state index in [2.05, 4.69) is 29.2 Å². The summed E-state index contributed by atoms with van der Waals surface area (Å²) in [5.74, 6) is 1.47. The molecule has 0 radical (unpaired) electrons. The maximum atomic E-state index is 12.7. The Morgan fingerprint density at radius 1 is 1.31 bits per heavy atom. The molecule has 3 aliphatic rings. The van der Waals surface area contributed by atoms with E-state index in [1.807, 2.05) is 4.68 Å². The molecular formula is C18H27N5O3. The van der Waals surface area contributed by atoms with Gasteiger partial charge < -0.3 is 15.3 Å². The number of carboxylic acid groups (broad SMARTS) is 1. The van der Waals surface area contributed by atoms with Crippen LogP contribution < -0.4 is 5.32 Å². The fourth-order valence-corrected chi connectivity index (χ4v) is 4.75. The first-order chi connectivity index (χ1) is 12.4. The van der Waals surface area contributed by atoms with Gasteiger partial charge in [0.1, 0.15) is 5.82 Å². The lowest BCUT2D eigenvalue weighted by molar-refractivity contribution is -0.149. The molecule has 1 saturated carbocycles. The van der Waals surface area contributed by atoms with Gasteiger partial charge in [0.05, 0.1) is 18.0 Å². The van der Waals surface area contributed by atoms with Crippen LogP contribution in [-0.2, 0) is 17.8 Å². The van der Waals surface area contributed by atoms with Crippen molar-refractivity contribution in [3.05, 3.63) is 11.6 Å². The van der Waals surface area contributed by atoms with E-state index in [0.717, 1.165) is 37.3 Å². The molecule has 3 atom stereocenters. The molecule has 1 aromatic heterocycles. The van der Waals surface area contributed by atoms with Crippen molar-refractivity contribution in [2.75, 3.05) is 13.1 Å². The number of aryl methyl sites for hydroxylation is 1. The van der Waals surface area contributed by atoms with Crippen LogP contribution in [0.5, 0.6) is 0 Å². The van der Waals surface area contributed by atoms with Crippen LogP contribution >= 0.6 is 0 Å². The van der Waals surface area contributed by atoms with Gasteiger partial charge in [0.15, 0.2) is 5.82 Å². The second-order valence-corrected chi connectivity index (χ2v) is 8.34. The number of aromatic nitrogens is 3. The topological polar surface area (TPSA) is 100 Å². The van der Waals surface area contributed by atoms with Crippen molar-refractivity contribution in [3.63, 3.8) is 0 Å². The van der Waals surface area contributed by atoms with E-state index in [1.54, 1.807) is 4.90 Å². The monoisotopic (exact) mass is 361 g/mol. The van der Waals surface area contributed by atoms with Crippen LogP contribution in [0.1, 0.15) is 57.1 Å². The highest BCUT2D eigenvalue weighted by Crippen LogP contribution is 2.48. The Morgan fingerprint density at radius 3 is 2.81 bits per heavy atom. The number of rotatable bonds is 3. The summed E-state index contributed by atoms with van der Waals surface area (Å²) < 4.78 is 1.90. The van der Waals surface area contributed by atoms with E-state index in [0.29, 0.717) is 26.1 Å². The number of hydrogen-bond acceptors (Lipinski definition) is 4. The Kier molecular flexibility index (Phi) is 4.16. The first-order valence-corrected chi connectivity index (χ1v) is 9.61. The molecule has 1 aromatic rings. The molecule has 3 heterocycles. The Bertz CT molecular complexity index is 730. The van der Waals surface area contributed by atoms with Crippen molar-refractivity contribution in [2.24, 2.45) is 11.3 Å². The second kappa shape index (κ2) is 6.25. The molecule has 26 heavy (non-hydrogen) atoms. The van der Waals surface area contributed by atoms with Gasteiger partial charge in [-0.1, -0.05) is 20.3 Å². The van der Waals surface area contributed by atoms with Crippen LogP contribution in [-0.4, -0.2) is 55.9 Å². The van der Waals surface area contributed by atoms with E-state index in [9.17, 15) is 14.7 Å². The quantitative estimate of drug-likeness (QED) is 0.852. The average Bonchev–Trinajstić information content (AvgIpc) is 3.26. The summed E-state index contributed by atoms with van der Waals surface area (Å²) in [6.07, 6.45) is 4.16. The Morgan fingerprint density at radius 2 is 2.12 bits per heavy atom. The largest absolute Gasteiger partial charge is 0.481 e. The number of carbonyl (C=O) groups excluding carboxylic acids is 1. The molecule has 0 bridgehead atoms. The zero-order chi connectivity index (χ0) is 18.5. The summed E-state index contributed by atoms with van der Waals surface area (Å²) in [4.78, 5) is 30.8. The van der Waals surface area contributed by atoms with Crippen molar-refractivity contribution >= 4 is 12.0 Å². The summed E-state index contributed by atoms with van der Waals surface area (Å²) in [6.45, 7) is 5.66. The van der Waals surface area contributed by atoms with E-state index in [-0.39, 0.29) is 23.9 Å². The lowest BCUT2D eigenvalue weighted by atomic mass is 9.81. The molecule has 1 saturated heterocycles. The van der Waals surface area contributed by atoms with Crippen molar-refractivity contribution in [1.29, 1.82) is 0 Å². The number of nitrogens with zero attached hydrogens (tertiary/aromatic N) is 4. The molecule has 0 aromatic carbocycles. The minimum Gasteiger partial charge on any atom is -0.481 e. The second-order valence-electron chi connectivity index (χ2n) is 8.34. The van der Waals surface area contributed by atoms with Gasteiger partial charge in [-0.2, -0.15) is 5.10 Å². The third kappa shape index (κ3) is 2.75. The maximum Gasteiger partial charge on any atom is 0.317 e. The highest BCUT2D eigenvalue weighted by Gasteiger charge is 2.55. The lowest BCUT2D eigenvalue weighted by Crippen LogP contribution is -2.48. The Hall–Kier alpha value is -2.12. The summed E-state index contributed by atoms with van der Waals surface area (Å²) in [5.41, 5.74) is -0.727. The van der Waals surface area contributed by atoms with Crippen LogP contribution in [0, 0.1) is 11.3 Å². The first-order valence-electron chi connectivity index (χ1n) is 9.61. The number of fused-ring (bicyclic) bond motifs is 2. The summed E-state index contributed by atoms with van der Waals surface area (Å²) in [7, 11) is 0. The van der Waals surface area contributed by atoms with Gasteiger partial charge in [-0.15, -0.1) is 0 Å². The van der Waals surface area contributed by atoms with Crippen LogP contribution in [0.25, 0.3) is 0 Å². The minimum atomic E-state index is -0.749. The third-order valence-corrected chi connectivity index (χ3v) is 6.30. The standard InChI is InChI=1S/C18H27N5O3/c1-11(2)15-20-14-6-5-13(9-23(14)21-15)19-17(26)22-8-12-4-3-7-18(12,10-22)16(24)25/h11-13H,3-10H2,1-2H3,(H,19,26)(H,24,25)/t12-,13?,18+/m0/s1. The summed E-state index contributed by atoms with van der Waals surface area (Å²) in [6, 6.07) is -0.129. The number of amides is 2. The van der Waals surface area contributed by atoms with Gasteiger partial charge in [0, 0.05) is 25.4 Å². The maximum absolute atomic E-state index is 12.7. The number of carbonyl (C=O) groups is 2. The smallest absolute Gasteiger partial charge is 0.317 e. The lowest BCUT2D eigenvalue weighted by Gasteiger charge is -2.27. The van der Waals surface area contributed by atoms with E-state index >= 15 is 0 Å². The van der Waals surface area contributed by atoms with Crippen molar-refractivity contribution < 1.29 is 14.7 Å². The van der Waals surface area contributed by atoms with Gasteiger partial charge in [0.25, 0.3) is 0 Å². The fourth-order valence-electron chi connectivity index (χ4n) is 4.75. The Balaban J connectivity index is 1.39. The normalized spacial score (nSPS) is 30.3. The Labute approximate surface area is 153 Å². The number of carboxylic acids is 1. The number of likely N-dealkylation sites (tertiary alicyclic amines) is 1. The van der Waals surface area contributed by atoms with Gasteiger partial charge in [-0.25, -0.2) is 14.5 Å². The molecule has 2 fully saturated rings. The van der Waals surface area contributed by atoms with Crippen LogP contribution in [0.4, 0.5) is 4.79 Å². The highest BCUT2D eigenvalue weighted by atomic mass is 16.4. The number of nitrogens with one attached hydrogen (secondary N) is 1. The molecule has 142 valence electrons. The van der Waals surface area contributed by atoms with Gasteiger partial charge in [0.2, 0.25) is 0 Å². The predicted molar refractivity (Wildman–Crippen MR) is 93.7 cm³/mol. The van der Waals surface area contributed by atoms with Crippen molar-refractivity contribution in [1.82, 2.24) is 25.0 Å². The number of hydrogen-bond donors (Lipinski definition) is 2. The zero-order valence-corrected chi connectivity index (χ0v) is 15.4. The van der Waals surface area contributed by atoms with Crippen molar-refractivity contribution in [3.8, 4) is 0 Å². The van der Waals surface area contributed by atoms with Crippen molar-refractivity contribution in [2.45, 2.75) is 64.5 Å². The van der Waals surface area contributed by atoms with Crippen LogP contribution in [0.2, 0.25) is 0 Å². The van der Waals surface area contributed by atoms with E-state index in [1.165, 1.54) is 0 Å². The molecule has 2 aliphatic heterocycles. The summed E-state index contributed by atoms with van der Waals surface area (Å²) >= 11 is 0. The summed E-state index contributed by atoms with van der Waals surface area (Å²) in [5, 5.41) is 17.3. The van der Waals surface area contributed by atoms with Gasteiger partial charge in [-0.3, -0.25) is 4.79 Å². The molecule has 2 N–H and O–H groups in total. The fraction of sp³-hybridized carbons (Fsp3) is 0.778. The zero-order valence-electron chi connectivity index (χ0n) is 15.4. The highest BCUT2D eigenvalue weighted by molar-refractivity contribution is 5.80. The van der Waals surface area contributed by atoms with E-state index < -0.39 is 11.4 Å². The SMILES string of the molecule is CC(C)c1nc2n(n1)CC(NC(=O)N1C[C@@H]3CCC[C@@]3(C(=O)O)C1)CC2. The number of urea groups is 1. The minimum absolute atomic E-state index is 0.0120. The molecular weight excluding hydrogens is 334 g/mol. The predicted octanol–water partition coefficient (Wildman–Crippen LogP) is 1.61. The molecule has 8 nitrogen and oxygen atoms in total. The molecule has 8 heteroatoms. The van der Waals surface area contributed by atoms with Crippen LogP contribution in [0.15, 0.2) is 0 Å². The molecule has 2 amide bonds. The van der Waals surface area contributed by atoms with Gasteiger partial charge >= 0.3 is 12.0 Å².